The average Bonchev–Trinajstić information content (AvgIpc) is 3.71. The zero-order valence-electron chi connectivity index (χ0n) is 22.3. The summed E-state index contributed by atoms with van der Waals surface area (Å²) in [6.45, 7) is 2.03. The fraction of sp³-hybridized carbons (Fsp3) is 0.429. The molecule has 0 unspecified atom stereocenters. The van der Waals surface area contributed by atoms with E-state index in [0.717, 1.165) is 37.4 Å². The van der Waals surface area contributed by atoms with Gasteiger partial charge in [-0.3, -0.25) is 0 Å². The van der Waals surface area contributed by atoms with E-state index >= 15 is 0 Å². The molecule has 0 aliphatic heterocycles. The van der Waals surface area contributed by atoms with Gasteiger partial charge >= 0.3 is 18.5 Å². The highest BCUT2D eigenvalue weighted by Crippen LogP contribution is 2.39. The number of hydrogen-bond donors (Lipinski definition) is 1. The van der Waals surface area contributed by atoms with E-state index in [1.54, 1.807) is 0 Å². The fourth-order valence-electron chi connectivity index (χ4n) is 4.60. The number of aromatic nitrogens is 2. The third kappa shape index (κ3) is 7.97. The van der Waals surface area contributed by atoms with Gasteiger partial charge in [0, 0.05) is 31.9 Å². The van der Waals surface area contributed by atoms with Crippen LogP contribution in [-0.4, -0.2) is 28.2 Å². The van der Waals surface area contributed by atoms with Crippen LogP contribution < -0.4 is 9.80 Å². The fourth-order valence-corrected chi connectivity index (χ4v) is 4.60. The summed E-state index contributed by atoms with van der Waals surface area (Å²) in [5.41, 5.74) is -3.84. The molecule has 0 bridgehead atoms. The van der Waals surface area contributed by atoms with Crippen molar-refractivity contribution in [3.63, 3.8) is 0 Å². The van der Waals surface area contributed by atoms with Crippen molar-refractivity contribution in [2.24, 2.45) is 5.92 Å². The van der Waals surface area contributed by atoms with Crippen molar-refractivity contribution >= 4 is 11.6 Å². The third-order valence-corrected chi connectivity index (χ3v) is 6.71. The number of anilines is 2. The van der Waals surface area contributed by atoms with Crippen LogP contribution in [0.4, 0.5) is 51.1 Å². The zero-order valence-corrected chi connectivity index (χ0v) is 22.3. The molecule has 5 nitrogen and oxygen atoms in total. The highest BCUT2D eigenvalue weighted by molar-refractivity contribution is 5.57. The lowest BCUT2D eigenvalue weighted by molar-refractivity contribution is -0.143. The van der Waals surface area contributed by atoms with Gasteiger partial charge in [-0.2, -0.15) is 39.5 Å². The quantitative estimate of drug-likeness (QED) is 0.237. The van der Waals surface area contributed by atoms with E-state index in [1.165, 1.54) is 11.0 Å². The molecule has 0 amide bonds. The summed E-state index contributed by atoms with van der Waals surface area (Å²) in [4.78, 5) is 11.0. The van der Waals surface area contributed by atoms with Crippen molar-refractivity contribution in [1.29, 1.82) is 0 Å². The van der Waals surface area contributed by atoms with Crippen LogP contribution in [0.3, 0.4) is 0 Å². The van der Waals surface area contributed by atoms with Gasteiger partial charge < -0.3 is 14.9 Å². The monoisotopic (exact) mass is 606 g/mol. The first-order valence-electron chi connectivity index (χ1n) is 13.0. The summed E-state index contributed by atoms with van der Waals surface area (Å²) in [5.74, 6) is -0.212. The van der Waals surface area contributed by atoms with Crippen molar-refractivity contribution in [1.82, 2.24) is 9.97 Å². The van der Waals surface area contributed by atoms with E-state index in [0.29, 0.717) is 43.2 Å². The molecule has 42 heavy (non-hydrogen) atoms. The molecule has 0 saturated heterocycles. The first-order valence-corrected chi connectivity index (χ1v) is 13.0. The van der Waals surface area contributed by atoms with E-state index in [-0.39, 0.29) is 29.9 Å². The molecule has 228 valence electrons. The minimum atomic E-state index is -5.09. The lowest BCUT2D eigenvalue weighted by atomic mass is 10.0. The predicted octanol–water partition coefficient (Wildman–Crippen LogP) is 8.07. The van der Waals surface area contributed by atoms with E-state index in [1.807, 2.05) is 11.8 Å². The highest BCUT2D eigenvalue weighted by atomic mass is 19.4. The molecular formula is C28H27F9N4O. The van der Waals surface area contributed by atoms with Crippen LogP contribution in [0.25, 0.3) is 0 Å². The number of hydrogen-bond acceptors (Lipinski definition) is 5. The molecule has 4 rings (SSSR count). The van der Waals surface area contributed by atoms with Crippen molar-refractivity contribution in [2.45, 2.75) is 57.8 Å². The molecule has 0 atom stereocenters. The Kier molecular flexibility index (Phi) is 8.84. The summed E-state index contributed by atoms with van der Waals surface area (Å²) < 4.78 is 122. The second-order valence-corrected chi connectivity index (χ2v) is 10.2. The number of alkyl halides is 9. The second kappa shape index (κ2) is 11.9. The van der Waals surface area contributed by atoms with E-state index < -0.39 is 47.3 Å². The maximum Gasteiger partial charge on any atom is 0.416 e. The van der Waals surface area contributed by atoms with Gasteiger partial charge in [-0.05, 0) is 72.7 Å². The van der Waals surface area contributed by atoms with Gasteiger partial charge in [0.2, 0.25) is 5.95 Å². The normalized spacial score (nSPS) is 14.2. The van der Waals surface area contributed by atoms with E-state index in [9.17, 15) is 44.6 Å². The molecule has 1 aromatic heterocycles. The van der Waals surface area contributed by atoms with Gasteiger partial charge in [0.25, 0.3) is 0 Å². The Hall–Kier alpha value is -3.71. The molecule has 1 N–H and O–H groups in total. The molecule has 1 saturated carbocycles. The maximum absolute atomic E-state index is 13.7. The number of halogens is 9. The molecule has 1 aliphatic rings. The van der Waals surface area contributed by atoms with Crippen LogP contribution in [0.1, 0.15) is 54.0 Å². The van der Waals surface area contributed by atoms with Gasteiger partial charge in [0.15, 0.2) is 5.75 Å². The summed E-state index contributed by atoms with van der Waals surface area (Å²) >= 11 is 0. The minimum Gasteiger partial charge on any atom is -0.505 e. The zero-order chi connectivity index (χ0) is 30.9. The van der Waals surface area contributed by atoms with Gasteiger partial charge in [-0.1, -0.05) is 6.92 Å². The molecule has 0 spiro atoms. The third-order valence-electron chi connectivity index (χ3n) is 6.71. The smallest absolute Gasteiger partial charge is 0.416 e. The molecule has 1 fully saturated rings. The Morgan fingerprint density at radius 1 is 0.762 bits per heavy atom. The number of nitrogens with zero attached hydrogens (tertiary/aromatic N) is 4. The van der Waals surface area contributed by atoms with Crippen LogP contribution >= 0.6 is 0 Å². The van der Waals surface area contributed by atoms with Crippen molar-refractivity contribution in [3.8, 4) is 5.75 Å². The van der Waals surface area contributed by atoms with E-state index in [2.05, 4.69) is 9.97 Å². The van der Waals surface area contributed by atoms with Crippen LogP contribution in [0.15, 0.2) is 48.8 Å². The first kappa shape index (κ1) is 31.2. The minimum absolute atomic E-state index is 0.00366. The van der Waals surface area contributed by atoms with Gasteiger partial charge in [0.05, 0.1) is 29.1 Å². The summed E-state index contributed by atoms with van der Waals surface area (Å²) in [5, 5.41) is 9.64. The van der Waals surface area contributed by atoms with Crippen LogP contribution in [0.5, 0.6) is 5.75 Å². The van der Waals surface area contributed by atoms with Crippen molar-refractivity contribution in [2.75, 3.05) is 22.9 Å². The topological polar surface area (TPSA) is 52.5 Å². The van der Waals surface area contributed by atoms with Crippen molar-refractivity contribution in [3.05, 3.63) is 76.6 Å². The Labute approximate surface area is 235 Å². The molecule has 2 aromatic carbocycles. The second-order valence-electron chi connectivity index (χ2n) is 10.2. The first-order chi connectivity index (χ1) is 19.5. The Bertz CT molecular complexity index is 1340. The number of rotatable bonds is 10. The van der Waals surface area contributed by atoms with Crippen LogP contribution in [0, 0.1) is 5.92 Å². The Morgan fingerprint density at radius 2 is 1.33 bits per heavy atom. The van der Waals surface area contributed by atoms with E-state index in [4.69, 9.17) is 0 Å². The summed E-state index contributed by atoms with van der Waals surface area (Å²) in [7, 11) is 0. The van der Waals surface area contributed by atoms with Crippen LogP contribution in [-0.2, 0) is 31.6 Å². The maximum atomic E-state index is 13.7. The average molecular weight is 607 g/mol. The number of benzene rings is 2. The lowest BCUT2D eigenvalue weighted by Gasteiger charge is -2.30. The lowest BCUT2D eigenvalue weighted by Crippen LogP contribution is -2.30. The molecule has 3 aromatic rings. The summed E-state index contributed by atoms with van der Waals surface area (Å²) in [6, 6.07) is 4.29. The molecule has 1 heterocycles. The predicted molar refractivity (Wildman–Crippen MR) is 137 cm³/mol. The summed E-state index contributed by atoms with van der Waals surface area (Å²) in [6.07, 6.45) is -10.3. The molecule has 1 aliphatic carbocycles. The van der Waals surface area contributed by atoms with Gasteiger partial charge in [-0.25, -0.2) is 9.97 Å². The highest BCUT2D eigenvalue weighted by Gasteiger charge is 2.37. The van der Waals surface area contributed by atoms with Gasteiger partial charge in [0.1, 0.15) is 0 Å². The van der Waals surface area contributed by atoms with Crippen molar-refractivity contribution < 1.29 is 44.6 Å². The standard InChI is InChI=1S/C28H27F9N4O/c1-2-7-40(14-17-3-4-17)24-6-5-20(26(29,30)31)10-19(24)16-41(25-38-12-23(42)13-39-25)15-18-8-21(27(32,33)34)11-22(9-18)28(35,36)37/h5-6,8-13,17,42H,2-4,7,14-16H2,1H3. The molecule has 14 heteroatoms. The molecular weight excluding hydrogens is 579 g/mol. The van der Waals surface area contributed by atoms with Gasteiger partial charge in [-0.15, -0.1) is 0 Å². The van der Waals surface area contributed by atoms with Crippen LogP contribution in [0.2, 0.25) is 0 Å². The Morgan fingerprint density at radius 3 is 1.83 bits per heavy atom. The number of aromatic hydroxyl groups is 1. The Balaban J connectivity index is 1.82. The molecule has 0 radical (unpaired) electrons. The largest absolute Gasteiger partial charge is 0.505 e. The SMILES string of the molecule is CCCN(CC1CC1)c1ccc(C(F)(F)F)cc1CN(Cc1cc(C(F)(F)F)cc(C(F)(F)F)c1)c1ncc(O)cn1.